The Morgan fingerprint density at radius 3 is 2.50 bits per heavy atom. The standard InChI is InChI=1S/C12H18N2O2/c1-9-8-10(6-7-12(2,3)13)4-5-11(9)14(15)16/h4-5,8H,6-7,13H2,1-3H3. The summed E-state index contributed by atoms with van der Waals surface area (Å²) in [4.78, 5) is 10.3. The predicted octanol–water partition coefficient (Wildman–Crippen LogP) is 2.57. The van der Waals surface area contributed by atoms with Crippen molar-refractivity contribution in [3.05, 3.63) is 39.4 Å². The van der Waals surface area contributed by atoms with Gasteiger partial charge in [-0.1, -0.05) is 6.07 Å². The summed E-state index contributed by atoms with van der Waals surface area (Å²) in [5.41, 5.74) is 7.67. The Hall–Kier alpha value is -1.42. The third-order valence-corrected chi connectivity index (χ3v) is 2.52. The van der Waals surface area contributed by atoms with Crippen molar-refractivity contribution in [2.75, 3.05) is 0 Å². The van der Waals surface area contributed by atoms with E-state index in [0.717, 1.165) is 18.4 Å². The van der Waals surface area contributed by atoms with Gasteiger partial charge in [0.1, 0.15) is 0 Å². The summed E-state index contributed by atoms with van der Waals surface area (Å²) >= 11 is 0. The SMILES string of the molecule is Cc1cc(CCC(C)(C)N)ccc1[N+](=O)[O-]. The molecule has 1 aromatic rings. The van der Waals surface area contributed by atoms with Gasteiger partial charge in [0.2, 0.25) is 0 Å². The van der Waals surface area contributed by atoms with Crippen LogP contribution < -0.4 is 5.73 Å². The van der Waals surface area contributed by atoms with Gasteiger partial charge in [0, 0.05) is 17.2 Å². The molecule has 0 aliphatic heterocycles. The fraction of sp³-hybridized carbons (Fsp3) is 0.500. The van der Waals surface area contributed by atoms with Crippen LogP contribution in [-0.4, -0.2) is 10.5 Å². The summed E-state index contributed by atoms with van der Waals surface area (Å²) in [6, 6.07) is 5.23. The molecule has 0 aliphatic rings. The molecule has 0 heterocycles. The van der Waals surface area contributed by atoms with Gasteiger partial charge >= 0.3 is 0 Å². The molecule has 0 fully saturated rings. The van der Waals surface area contributed by atoms with Gasteiger partial charge in [-0.15, -0.1) is 0 Å². The van der Waals surface area contributed by atoms with E-state index in [1.807, 2.05) is 19.9 Å². The number of nitro groups is 1. The number of benzene rings is 1. The number of nitro benzene ring substituents is 1. The first-order valence-corrected chi connectivity index (χ1v) is 5.32. The zero-order chi connectivity index (χ0) is 12.3. The number of hydrogen-bond donors (Lipinski definition) is 1. The highest BCUT2D eigenvalue weighted by molar-refractivity contribution is 5.41. The number of aryl methyl sites for hydroxylation is 2. The lowest BCUT2D eigenvalue weighted by Gasteiger charge is -2.18. The maximum absolute atomic E-state index is 10.6. The number of nitrogens with zero attached hydrogens (tertiary/aromatic N) is 1. The van der Waals surface area contributed by atoms with Crippen LogP contribution in [0.15, 0.2) is 18.2 Å². The van der Waals surface area contributed by atoms with E-state index < -0.39 is 0 Å². The molecule has 1 rings (SSSR count). The van der Waals surface area contributed by atoms with Crippen molar-refractivity contribution < 1.29 is 4.92 Å². The average molecular weight is 222 g/mol. The van der Waals surface area contributed by atoms with Gasteiger partial charge in [-0.05, 0) is 45.2 Å². The van der Waals surface area contributed by atoms with Crippen LogP contribution in [0.3, 0.4) is 0 Å². The quantitative estimate of drug-likeness (QED) is 0.628. The van der Waals surface area contributed by atoms with Crippen molar-refractivity contribution in [1.82, 2.24) is 0 Å². The van der Waals surface area contributed by atoms with Crippen LogP contribution in [0.25, 0.3) is 0 Å². The molecule has 0 unspecified atom stereocenters. The lowest BCUT2D eigenvalue weighted by Crippen LogP contribution is -2.32. The van der Waals surface area contributed by atoms with E-state index in [1.165, 1.54) is 0 Å². The van der Waals surface area contributed by atoms with Gasteiger partial charge in [0.05, 0.1) is 4.92 Å². The Bertz CT molecular complexity index is 394. The second kappa shape index (κ2) is 4.61. The third kappa shape index (κ3) is 3.62. The van der Waals surface area contributed by atoms with Gasteiger partial charge < -0.3 is 5.73 Å². The number of hydrogen-bond acceptors (Lipinski definition) is 3. The third-order valence-electron chi connectivity index (χ3n) is 2.52. The normalized spacial score (nSPS) is 11.5. The molecule has 1 aromatic carbocycles. The second-order valence-electron chi connectivity index (χ2n) is 4.87. The van der Waals surface area contributed by atoms with Crippen molar-refractivity contribution >= 4 is 5.69 Å². The maximum Gasteiger partial charge on any atom is 0.272 e. The van der Waals surface area contributed by atoms with E-state index in [-0.39, 0.29) is 16.1 Å². The Balaban J connectivity index is 2.78. The highest BCUT2D eigenvalue weighted by atomic mass is 16.6. The summed E-state index contributed by atoms with van der Waals surface area (Å²) < 4.78 is 0. The molecule has 2 N–H and O–H groups in total. The second-order valence-corrected chi connectivity index (χ2v) is 4.87. The minimum Gasteiger partial charge on any atom is -0.326 e. The fourth-order valence-corrected chi connectivity index (χ4v) is 1.54. The maximum atomic E-state index is 10.6. The van der Waals surface area contributed by atoms with Gasteiger partial charge in [0.25, 0.3) is 5.69 Å². The minimum absolute atomic E-state index is 0.177. The molecule has 0 atom stereocenters. The zero-order valence-corrected chi connectivity index (χ0v) is 9.99. The largest absolute Gasteiger partial charge is 0.326 e. The first kappa shape index (κ1) is 12.6. The highest BCUT2D eigenvalue weighted by Crippen LogP contribution is 2.20. The van der Waals surface area contributed by atoms with E-state index in [4.69, 9.17) is 5.73 Å². The molecular weight excluding hydrogens is 204 g/mol. The first-order chi connectivity index (χ1) is 7.29. The molecule has 0 amide bonds. The van der Waals surface area contributed by atoms with Crippen LogP contribution >= 0.6 is 0 Å². The molecule has 88 valence electrons. The van der Waals surface area contributed by atoms with Crippen molar-refractivity contribution in [2.24, 2.45) is 5.73 Å². The lowest BCUT2D eigenvalue weighted by molar-refractivity contribution is -0.385. The Morgan fingerprint density at radius 2 is 2.06 bits per heavy atom. The molecule has 0 saturated heterocycles. The van der Waals surface area contributed by atoms with Crippen LogP contribution in [0.2, 0.25) is 0 Å². The predicted molar refractivity (Wildman–Crippen MR) is 64.4 cm³/mol. The van der Waals surface area contributed by atoms with Crippen LogP contribution in [0.1, 0.15) is 31.4 Å². The Morgan fingerprint density at radius 1 is 1.44 bits per heavy atom. The number of nitrogens with two attached hydrogens (primary N) is 1. The molecule has 0 aromatic heterocycles. The molecule has 0 aliphatic carbocycles. The zero-order valence-electron chi connectivity index (χ0n) is 9.99. The van der Waals surface area contributed by atoms with Crippen LogP contribution in [0.5, 0.6) is 0 Å². The van der Waals surface area contributed by atoms with Gasteiger partial charge in [-0.25, -0.2) is 0 Å². The van der Waals surface area contributed by atoms with Crippen LogP contribution in [0, 0.1) is 17.0 Å². The Kier molecular flexibility index (Phi) is 3.65. The van der Waals surface area contributed by atoms with E-state index in [1.54, 1.807) is 19.1 Å². The topological polar surface area (TPSA) is 69.2 Å². The molecule has 0 saturated carbocycles. The van der Waals surface area contributed by atoms with Gasteiger partial charge in [-0.2, -0.15) is 0 Å². The first-order valence-electron chi connectivity index (χ1n) is 5.32. The molecule has 0 spiro atoms. The summed E-state index contributed by atoms with van der Waals surface area (Å²) in [5, 5.41) is 10.6. The van der Waals surface area contributed by atoms with Gasteiger partial charge in [-0.3, -0.25) is 10.1 Å². The summed E-state index contributed by atoms with van der Waals surface area (Å²) in [6.07, 6.45) is 1.71. The van der Waals surface area contributed by atoms with E-state index in [0.29, 0.717) is 5.56 Å². The lowest BCUT2D eigenvalue weighted by atomic mass is 9.96. The minimum atomic E-state index is -0.355. The Labute approximate surface area is 95.6 Å². The van der Waals surface area contributed by atoms with Crippen molar-refractivity contribution in [1.29, 1.82) is 0 Å². The molecule has 0 bridgehead atoms. The molecular formula is C12H18N2O2. The van der Waals surface area contributed by atoms with Crippen molar-refractivity contribution in [3.8, 4) is 0 Å². The van der Waals surface area contributed by atoms with Crippen molar-refractivity contribution in [3.63, 3.8) is 0 Å². The van der Waals surface area contributed by atoms with E-state index in [9.17, 15) is 10.1 Å². The van der Waals surface area contributed by atoms with Crippen LogP contribution in [0.4, 0.5) is 5.69 Å². The molecule has 4 heteroatoms. The smallest absolute Gasteiger partial charge is 0.272 e. The average Bonchev–Trinajstić information content (AvgIpc) is 2.13. The fourth-order valence-electron chi connectivity index (χ4n) is 1.54. The van der Waals surface area contributed by atoms with E-state index >= 15 is 0 Å². The molecule has 0 radical (unpaired) electrons. The summed E-state index contributed by atoms with van der Waals surface area (Å²) in [5.74, 6) is 0. The van der Waals surface area contributed by atoms with Crippen LogP contribution in [-0.2, 0) is 6.42 Å². The highest BCUT2D eigenvalue weighted by Gasteiger charge is 2.13. The summed E-state index contributed by atoms with van der Waals surface area (Å²) in [6.45, 7) is 5.71. The molecule has 16 heavy (non-hydrogen) atoms. The monoisotopic (exact) mass is 222 g/mol. The molecule has 4 nitrogen and oxygen atoms in total. The van der Waals surface area contributed by atoms with E-state index in [2.05, 4.69) is 0 Å². The van der Waals surface area contributed by atoms with Gasteiger partial charge in [0.15, 0.2) is 0 Å². The number of rotatable bonds is 4. The summed E-state index contributed by atoms with van der Waals surface area (Å²) in [7, 11) is 0. The van der Waals surface area contributed by atoms with Crippen molar-refractivity contribution in [2.45, 2.75) is 39.2 Å².